The Labute approximate surface area is 121 Å². The number of phenols is 1. The highest BCUT2D eigenvalue weighted by Crippen LogP contribution is 2.26. The summed E-state index contributed by atoms with van der Waals surface area (Å²) in [6.07, 6.45) is 2.48. The summed E-state index contributed by atoms with van der Waals surface area (Å²) < 4.78 is 0. The first-order chi connectivity index (χ1) is 9.47. The van der Waals surface area contributed by atoms with Gasteiger partial charge >= 0.3 is 5.97 Å². The minimum Gasteiger partial charge on any atom is -0.506 e. The molecule has 1 fully saturated rings. The number of halogens is 1. The van der Waals surface area contributed by atoms with Gasteiger partial charge in [0.1, 0.15) is 5.75 Å². The molecule has 20 heavy (non-hydrogen) atoms. The lowest BCUT2D eigenvalue weighted by atomic mass is 9.86. The molecule has 2 rings (SSSR count). The van der Waals surface area contributed by atoms with Crippen molar-refractivity contribution in [2.24, 2.45) is 5.92 Å². The van der Waals surface area contributed by atoms with Gasteiger partial charge in [0, 0.05) is 11.6 Å². The number of aliphatic carboxylic acids is 1. The summed E-state index contributed by atoms with van der Waals surface area (Å²) in [7, 11) is 0. The van der Waals surface area contributed by atoms with Gasteiger partial charge in [0.15, 0.2) is 0 Å². The Bertz CT molecular complexity index is 524. The van der Waals surface area contributed by atoms with E-state index >= 15 is 0 Å². The molecule has 1 amide bonds. The number of hydrogen-bond donors (Lipinski definition) is 3. The fraction of sp³-hybridized carbons (Fsp3) is 0.429. The van der Waals surface area contributed by atoms with Gasteiger partial charge in [0.05, 0.1) is 10.9 Å². The molecule has 6 heteroatoms. The minimum atomic E-state index is -0.764. The third-order valence-corrected chi connectivity index (χ3v) is 3.92. The number of aromatic hydroxyl groups is 1. The largest absolute Gasteiger partial charge is 0.506 e. The minimum absolute atomic E-state index is 0.00863. The quantitative estimate of drug-likeness (QED) is 0.799. The van der Waals surface area contributed by atoms with E-state index in [1.165, 1.54) is 18.2 Å². The van der Waals surface area contributed by atoms with Crippen LogP contribution in [0.1, 0.15) is 36.0 Å². The van der Waals surface area contributed by atoms with Crippen LogP contribution in [-0.4, -0.2) is 28.1 Å². The summed E-state index contributed by atoms with van der Waals surface area (Å²) in [6, 6.07) is 4.28. The van der Waals surface area contributed by atoms with Gasteiger partial charge in [-0.1, -0.05) is 11.6 Å². The predicted molar refractivity (Wildman–Crippen MR) is 74.0 cm³/mol. The summed E-state index contributed by atoms with van der Waals surface area (Å²) in [5.41, 5.74) is 0.383. The van der Waals surface area contributed by atoms with Crippen LogP contribution in [0.3, 0.4) is 0 Å². The maximum absolute atomic E-state index is 12.0. The topological polar surface area (TPSA) is 86.6 Å². The Kier molecular flexibility index (Phi) is 4.49. The highest BCUT2D eigenvalue weighted by atomic mass is 35.5. The van der Waals surface area contributed by atoms with E-state index in [2.05, 4.69) is 5.32 Å². The average molecular weight is 298 g/mol. The standard InChI is InChI=1S/C14H16ClNO4/c15-11-7-9(3-6-12(11)17)13(18)16-10-4-1-8(2-5-10)14(19)20/h3,6-8,10,17H,1-2,4-5H2,(H,16,18)(H,19,20). The molecule has 1 aromatic rings. The van der Waals surface area contributed by atoms with Crippen LogP contribution in [0.5, 0.6) is 5.75 Å². The number of nitrogens with one attached hydrogen (secondary N) is 1. The van der Waals surface area contributed by atoms with E-state index in [1.807, 2.05) is 0 Å². The number of benzene rings is 1. The number of phenolic OH excluding ortho intramolecular Hbond substituents is 1. The van der Waals surface area contributed by atoms with Crippen molar-refractivity contribution in [3.63, 3.8) is 0 Å². The fourth-order valence-corrected chi connectivity index (χ4v) is 2.58. The van der Waals surface area contributed by atoms with Crippen molar-refractivity contribution >= 4 is 23.5 Å². The van der Waals surface area contributed by atoms with Gasteiger partial charge in [-0.15, -0.1) is 0 Å². The van der Waals surface area contributed by atoms with Crippen molar-refractivity contribution < 1.29 is 19.8 Å². The molecule has 0 atom stereocenters. The molecule has 0 unspecified atom stereocenters. The van der Waals surface area contributed by atoms with Gasteiger partial charge in [-0.2, -0.15) is 0 Å². The molecule has 1 aromatic carbocycles. The molecule has 0 spiro atoms. The zero-order valence-electron chi connectivity index (χ0n) is 10.8. The summed E-state index contributed by atoms with van der Waals surface area (Å²) in [6.45, 7) is 0. The van der Waals surface area contributed by atoms with Crippen molar-refractivity contribution in [1.29, 1.82) is 0 Å². The molecule has 108 valence electrons. The second-order valence-electron chi connectivity index (χ2n) is 5.03. The molecular weight excluding hydrogens is 282 g/mol. The van der Waals surface area contributed by atoms with Gasteiger partial charge in [0.2, 0.25) is 0 Å². The molecule has 0 saturated heterocycles. The van der Waals surface area contributed by atoms with Crippen LogP contribution in [0.15, 0.2) is 18.2 Å². The normalized spacial score (nSPS) is 22.2. The molecule has 0 aromatic heterocycles. The molecule has 0 bridgehead atoms. The lowest BCUT2D eigenvalue weighted by molar-refractivity contribution is -0.142. The van der Waals surface area contributed by atoms with Crippen molar-refractivity contribution in [3.05, 3.63) is 28.8 Å². The van der Waals surface area contributed by atoms with E-state index in [1.54, 1.807) is 0 Å². The second-order valence-corrected chi connectivity index (χ2v) is 5.43. The predicted octanol–water partition coefficient (Wildman–Crippen LogP) is 2.42. The Morgan fingerprint density at radius 3 is 2.40 bits per heavy atom. The number of hydrogen-bond acceptors (Lipinski definition) is 3. The van der Waals surface area contributed by atoms with E-state index in [9.17, 15) is 14.7 Å². The van der Waals surface area contributed by atoms with Crippen LogP contribution < -0.4 is 5.32 Å². The van der Waals surface area contributed by atoms with Gasteiger partial charge < -0.3 is 15.5 Å². The van der Waals surface area contributed by atoms with Gasteiger partial charge in [-0.25, -0.2) is 0 Å². The zero-order chi connectivity index (χ0) is 14.7. The zero-order valence-corrected chi connectivity index (χ0v) is 11.6. The summed E-state index contributed by atoms with van der Waals surface area (Å²) >= 11 is 5.76. The number of carbonyl (C=O) groups is 2. The smallest absolute Gasteiger partial charge is 0.306 e. The van der Waals surface area contributed by atoms with Gasteiger partial charge in [-0.3, -0.25) is 9.59 Å². The first-order valence-corrected chi connectivity index (χ1v) is 6.87. The first-order valence-electron chi connectivity index (χ1n) is 6.49. The van der Waals surface area contributed by atoms with Crippen molar-refractivity contribution in [2.45, 2.75) is 31.7 Å². The van der Waals surface area contributed by atoms with Crippen LogP contribution in [0.2, 0.25) is 5.02 Å². The van der Waals surface area contributed by atoms with Crippen molar-refractivity contribution in [3.8, 4) is 5.75 Å². The molecule has 0 aliphatic heterocycles. The molecule has 1 aliphatic rings. The monoisotopic (exact) mass is 297 g/mol. The maximum atomic E-state index is 12.0. The van der Waals surface area contributed by atoms with E-state index in [0.717, 1.165) is 0 Å². The Balaban J connectivity index is 1.92. The third-order valence-electron chi connectivity index (χ3n) is 3.62. The van der Waals surface area contributed by atoms with Gasteiger partial charge in [0.25, 0.3) is 5.91 Å². The Morgan fingerprint density at radius 2 is 1.85 bits per heavy atom. The van der Waals surface area contributed by atoms with Crippen LogP contribution in [0.25, 0.3) is 0 Å². The maximum Gasteiger partial charge on any atom is 0.306 e. The fourth-order valence-electron chi connectivity index (χ4n) is 2.40. The molecule has 0 radical (unpaired) electrons. The molecule has 1 saturated carbocycles. The lowest BCUT2D eigenvalue weighted by Crippen LogP contribution is -2.38. The second kappa shape index (κ2) is 6.13. The Morgan fingerprint density at radius 1 is 1.20 bits per heavy atom. The lowest BCUT2D eigenvalue weighted by Gasteiger charge is -2.26. The van der Waals surface area contributed by atoms with E-state index in [0.29, 0.717) is 31.2 Å². The molecule has 1 aliphatic carbocycles. The highest BCUT2D eigenvalue weighted by molar-refractivity contribution is 6.32. The number of carboxylic acids is 1. The third kappa shape index (κ3) is 3.42. The van der Waals surface area contributed by atoms with Crippen LogP contribution in [-0.2, 0) is 4.79 Å². The molecular formula is C14H16ClNO4. The molecule has 3 N–H and O–H groups in total. The number of carbonyl (C=O) groups excluding carboxylic acids is 1. The van der Waals surface area contributed by atoms with E-state index in [-0.39, 0.29) is 28.6 Å². The van der Waals surface area contributed by atoms with Crippen LogP contribution >= 0.6 is 11.6 Å². The van der Waals surface area contributed by atoms with E-state index in [4.69, 9.17) is 16.7 Å². The van der Waals surface area contributed by atoms with Crippen LogP contribution in [0.4, 0.5) is 0 Å². The number of amides is 1. The van der Waals surface area contributed by atoms with Crippen LogP contribution in [0, 0.1) is 5.92 Å². The SMILES string of the molecule is O=C(NC1CCC(C(=O)O)CC1)c1ccc(O)c(Cl)c1. The van der Waals surface area contributed by atoms with E-state index < -0.39 is 5.97 Å². The molecule has 5 nitrogen and oxygen atoms in total. The number of rotatable bonds is 3. The summed E-state index contributed by atoms with van der Waals surface area (Å²) in [5, 5.41) is 21.2. The number of carboxylic acid groups (broad SMARTS) is 1. The summed E-state index contributed by atoms with van der Waals surface area (Å²) in [5.74, 6) is -1.39. The van der Waals surface area contributed by atoms with Crippen molar-refractivity contribution in [2.75, 3.05) is 0 Å². The Hall–Kier alpha value is -1.75. The average Bonchev–Trinajstić information content (AvgIpc) is 2.42. The molecule has 0 heterocycles. The summed E-state index contributed by atoms with van der Waals surface area (Å²) in [4.78, 5) is 22.9. The van der Waals surface area contributed by atoms with Gasteiger partial charge in [-0.05, 0) is 43.9 Å². The first kappa shape index (κ1) is 14.7. The van der Waals surface area contributed by atoms with Crippen molar-refractivity contribution in [1.82, 2.24) is 5.32 Å². The highest BCUT2D eigenvalue weighted by Gasteiger charge is 2.26.